The van der Waals surface area contributed by atoms with Crippen molar-refractivity contribution in [3.63, 3.8) is 0 Å². The van der Waals surface area contributed by atoms with Crippen LogP contribution in [-0.2, 0) is 4.74 Å². The van der Waals surface area contributed by atoms with Gasteiger partial charge in [0.2, 0.25) is 0 Å². The number of carbonyl (C=O) groups is 1. The normalized spacial score (nSPS) is 12.3. The van der Waals surface area contributed by atoms with E-state index in [0.29, 0.717) is 6.61 Å². The minimum absolute atomic E-state index is 0.0142. The number of ether oxygens (including phenoxy) is 1. The van der Waals surface area contributed by atoms with Gasteiger partial charge in [-0.25, -0.2) is 0 Å². The van der Waals surface area contributed by atoms with E-state index in [1.807, 2.05) is 13.8 Å². The number of nitrogens with one attached hydrogen (secondary N) is 1. The Labute approximate surface area is 132 Å². The molecule has 1 atom stereocenters. The summed E-state index contributed by atoms with van der Waals surface area (Å²) < 4.78 is 5.04. The summed E-state index contributed by atoms with van der Waals surface area (Å²) in [6, 6.07) is 1.97. The van der Waals surface area contributed by atoms with Crippen molar-refractivity contribution in [2.24, 2.45) is 5.92 Å². The molecule has 1 rings (SSSR count). The molecule has 1 aromatic carbocycles. The Morgan fingerprint density at radius 3 is 2.52 bits per heavy atom. The average molecular weight is 335 g/mol. The van der Waals surface area contributed by atoms with Crippen LogP contribution in [0.4, 0.5) is 5.69 Å². The maximum Gasteiger partial charge on any atom is 0.271 e. The predicted octanol–water partition coefficient (Wildman–Crippen LogP) is 3.30. The molecule has 0 bridgehead atoms. The Morgan fingerprint density at radius 1 is 1.43 bits per heavy atom. The first-order chi connectivity index (χ1) is 9.77. The van der Waals surface area contributed by atoms with Gasteiger partial charge >= 0.3 is 0 Å². The third kappa shape index (κ3) is 4.56. The number of amides is 1. The molecular weight excluding hydrogens is 319 g/mol. The number of methoxy groups -OCH3 is 1. The molecule has 0 aromatic heterocycles. The third-order valence-electron chi connectivity index (χ3n) is 2.94. The number of halogens is 2. The van der Waals surface area contributed by atoms with Crippen molar-refractivity contribution in [1.82, 2.24) is 5.32 Å². The van der Waals surface area contributed by atoms with E-state index in [1.165, 1.54) is 7.11 Å². The van der Waals surface area contributed by atoms with Crippen molar-refractivity contribution < 1.29 is 14.5 Å². The zero-order valence-electron chi connectivity index (χ0n) is 11.9. The van der Waals surface area contributed by atoms with Gasteiger partial charge in [0, 0.05) is 19.2 Å². The van der Waals surface area contributed by atoms with Crippen LogP contribution in [0.1, 0.15) is 24.2 Å². The predicted molar refractivity (Wildman–Crippen MR) is 81.1 cm³/mol. The Kier molecular flexibility index (Phi) is 6.39. The van der Waals surface area contributed by atoms with E-state index >= 15 is 0 Å². The maximum atomic E-state index is 12.2. The van der Waals surface area contributed by atoms with Crippen molar-refractivity contribution >= 4 is 34.8 Å². The van der Waals surface area contributed by atoms with Crippen molar-refractivity contribution in [3.8, 4) is 0 Å². The quantitative estimate of drug-likeness (QED) is 0.639. The number of hydrogen-bond acceptors (Lipinski definition) is 4. The summed E-state index contributed by atoms with van der Waals surface area (Å²) in [5.74, 6) is -0.400. The fraction of sp³-hybridized carbons (Fsp3) is 0.462. The monoisotopic (exact) mass is 334 g/mol. The lowest BCUT2D eigenvalue weighted by atomic mass is 10.0. The molecule has 8 heteroatoms. The third-order valence-corrected chi connectivity index (χ3v) is 3.74. The van der Waals surface area contributed by atoms with Crippen molar-refractivity contribution in [2.75, 3.05) is 13.7 Å². The first-order valence-corrected chi connectivity index (χ1v) is 6.96. The smallest absolute Gasteiger partial charge is 0.271 e. The molecule has 1 unspecified atom stereocenters. The van der Waals surface area contributed by atoms with E-state index in [0.717, 1.165) is 12.1 Å². The molecular formula is C13H16Cl2N2O4. The standard InChI is InChI=1S/C13H16Cl2N2O4/c1-7(2)11(6-21-3)16-13(18)9-4-8(17(19)20)5-10(14)12(9)15/h4-5,7,11H,6H2,1-3H3,(H,16,18). The van der Waals surface area contributed by atoms with Gasteiger partial charge in [-0.05, 0) is 5.92 Å². The van der Waals surface area contributed by atoms with Crippen LogP contribution >= 0.6 is 23.2 Å². The molecule has 0 radical (unpaired) electrons. The first kappa shape index (κ1) is 17.7. The molecule has 21 heavy (non-hydrogen) atoms. The van der Waals surface area contributed by atoms with E-state index in [4.69, 9.17) is 27.9 Å². The van der Waals surface area contributed by atoms with Gasteiger partial charge in [0.15, 0.2) is 0 Å². The highest BCUT2D eigenvalue weighted by Gasteiger charge is 2.22. The molecule has 0 saturated carbocycles. The Hall–Kier alpha value is -1.37. The summed E-state index contributed by atoms with van der Waals surface area (Å²) in [6.45, 7) is 4.17. The molecule has 116 valence electrons. The topological polar surface area (TPSA) is 81.5 Å². The van der Waals surface area contributed by atoms with Gasteiger partial charge in [-0.2, -0.15) is 0 Å². The first-order valence-electron chi connectivity index (χ1n) is 6.21. The SMILES string of the molecule is COCC(NC(=O)c1cc([N+](=O)[O-])cc(Cl)c1Cl)C(C)C. The molecule has 0 aliphatic heterocycles. The summed E-state index contributed by atoms with van der Waals surface area (Å²) in [6.07, 6.45) is 0. The zero-order valence-corrected chi connectivity index (χ0v) is 13.4. The van der Waals surface area contributed by atoms with Crippen LogP contribution in [-0.4, -0.2) is 30.6 Å². The second kappa shape index (κ2) is 7.59. The molecule has 0 aliphatic carbocycles. The van der Waals surface area contributed by atoms with Gasteiger partial charge in [-0.1, -0.05) is 37.0 Å². The molecule has 1 N–H and O–H groups in total. The number of hydrogen-bond donors (Lipinski definition) is 1. The van der Waals surface area contributed by atoms with Crippen LogP contribution in [0.5, 0.6) is 0 Å². The number of nitrogens with zero attached hydrogens (tertiary/aromatic N) is 1. The number of benzene rings is 1. The van der Waals surface area contributed by atoms with Crippen molar-refractivity contribution in [2.45, 2.75) is 19.9 Å². The molecule has 1 aromatic rings. The summed E-state index contributed by atoms with van der Waals surface area (Å²) in [4.78, 5) is 22.4. The van der Waals surface area contributed by atoms with E-state index in [9.17, 15) is 14.9 Å². The van der Waals surface area contributed by atoms with Gasteiger partial charge in [-0.3, -0.25) is 14.9 Å². The van der Waals surface area contributed by atoms with Crippen LogP contribution in [0.25, 0.3) is 0 Å². The molecule has 0 aliphatic rings. The van der Waals surface area contributed by atoms with Crippen LogP contribution in [0.15, 0.2) is 12.1 Å². The van der Waals surface area contributed by atoms with Crippen LogP contribution in [0.2, 0.25) is 10.0 Å². The van der Waals surface area contributed by atoms with Crippen LogP contribution in [0, 0.1) is 16.0 Å². The maximum absolute atomic E-state index is 12.2. The minimum Gasteiger partial charge on any atom is -0.383 e. The van der Waals surface area contributed by atoms with Crippen molar-refractivity contribution in [1.29, 1.82) is 0 Å². The average Bonchev–Trinajstić information content (AvgIpc) is 2.40. The number of carbonyl (C=O) groups excluding carboxylic acids is 1. The van der Waals surface area contributed by atoms with Crippen LogP contribution in [0.3, 0.4) is 0 Å². The Morgan fingerprint density at radius 2 is 2.05 bits per heavy atom. The highest BCUT2D eigenvalue weighted by Crippen LogP contribution is 2.31. The number of non-ortho nitro benzene ring substituents is 1. The number of nitro benzene ring substituents is 1. The molecule has 6 nitrogen and oxygen atoms in total. The number of rotatable bonds is 6. The summed E-state index contributed by atoms with van der Waals surface area (Å²) in [5, 5.41) is 13.5. The lowest BCUT2D eigenvalue weighted by Gasteiger charge is -2.21. The molecule has 0 fully saturated rings. The summed E-state index contributed by atoms with van der Waals surface area (Å²) in [7, 11) is 1.53. The molecule has 0 saturated heterocycles. The van der Waals surface area contributed by atoms with Gasteiger partial charge in [0.1, 0.15) is 0 Å². The van der Waals surface area contributed by atoms with E-state index in [1.54, 1.807) is 0 Å². The van der Waals surface area contributed by atoms with Gasteiger partial charge in [-0.15, -0.1) is 0 Å². The fourth-order valence-electron chi connectivity index (χ4n) is 1.67. The summed E-state index contributed by atoms with van der Waals surface area (Å²) >= 11 is 11.8. The highest BCUT2D eigenvalue weighted by atomic mass is 35.5. The zero-order chi connectivity index (χ0) is 16.2. The molecule has 0 spiro atoms. The molecule has 0 heterocycles. The Balaban J connectivity index is 3.09. The highest BCUT2D eigenvalue weighted by molar-refractivity contribution is 6.44. The fourth-order valence-corrected chi connectivity index (χ4v) is 2.08. The van der Waals surface area contributed by atoms with Gasteiger partial charge in [0.25, 0.3) is 11.6 Å². The molecule has 1 amide bonds. The largest absolute Gasteiger partial charge is 0.383 e. The van der Waals surface area contributed by atoms with Gasteiger partial charge < -0.3 is 10.1 Å². The second-order valence-electron chi connectivity index (χ2n) is 4.83. The lowest BCUT2D eigenvalue weighted by Crippen LogP contribution is -2.41. The van der Waals surface area contributed by atoms with E-state index < -0.39 is 10.8 Å². The second-order valence-corrected chi connectivity index (χ2v) is 5.61. The van der Waals surface area contributed by atoms with Gasteiger partial charge in [0.05, 0.1) is 33.2 Å². The summed E-state index contributed by atoms with van der Waals surface area (Å²) in [5.41, 5.74) is -0.319. The minimum atomic E-state index is -0.631. The number of nitro groups is 1. The van der Waals surface area contributed by atoms with E-state index in [2.05, 4.69) is 5.32 Å². The Bertz CT molecular complexity index is 549. The lowest BCUT2D eigenvalue weighted by molar-refractivity contribution is -0.384. The van der Waals surface area contributed by atoms with Crippen LogP contribution < -0.4 is 5.32 Å². The van der Waals surface area contributed by atoms with E-state index in [-0.39, 0.29) is 33.3 Å². The van der Waals surface area contributed by atoms with Crippen molar-refractivity contribution in [3.05, 3.63) is 37.9 Å².